The number of amides is 1. The van der Waals surface area contributed by atoms with Crippen LogP contribution in [0.4, 0.5) is 10.3 Å². The molecule has 1 aliphatic heterocycles. The molecule has 160 valence electrons. The van der Waals surface area contributed by atoms with Gasteiger partial charge in [0.1, 0.15) is 11.6 Å². The first kappa shape index (κ1) is 20.8. The van der Waals surface area contributed by atoms with Gasteiger partial charge in [0.2, 0.25) is 5.95 Å². The van der Waals surface area contributed by atoms with Crippen LogP contribution in [0.1, 0.15) is 22.8 Å². The van der Waals surface area contributed by atoms with Crippen molar-refractivity contribution in [3.8, 4) is 17.0 Å². The maximum Gasteiger partial charge on any atom is 0.253 e. The van der Waals surface area contributed by atoms with E-state index in [1.54, 1.807) is 30.2 Å². The Morgan fingerprint density at radius 2 is 1.81 bits per heavy atom. The first-order chi connectivity index (χ1) is 15.0. The Labute approximate surface area is 181 Å². The Bertz CT molecular complexity index is 1060. The first-order valence-electron chi connectivity index (χ1n) is 10.4. The number of hydrogen-bond donors (Lipinski definition) is 0. The summed E-state index contributed by atoms with van der Waals surface area (Å²) in [4.78, 5) is 25.8. The number of carbonyl (C=O) groups is 1. The second kappa shape index (κ2) is 9.12. The zero-order chi connectivity index (χ0) is 21.8. The molecule has 1 saturated heterocycles. The molecule has 0 N–H and O–H groups in total. The van der Waals surface area contributed by atoms with Gasteiger partial charge in [-0.15, -0.1) is 0 Å². The summed E-state index contributed by atoms with van der Waals surface area (Å²) in [7, 11) is 0. The fourth-order valence-electron chi connectivity index (χ4n) is 3.62. The third kappa shape index (κ3) is 4.66. The van der Waals surface area contributed by atoms with Crippen LogP contribution in [0.2, 0.25) is 0 Å². The molecule has 0 bridgehead atoms. The van der Waals surface area contributed by atoms with E-state index in [1.165, 1.54) is 6.07 Å². The molecule has 7 heteroatoms. The van der Waals surface area contributed by atoms with Gasteiger partial charge in [-0.05, 0) is 67.9 Å². The number of aryl methyl sites for hydroxylation is 1. The molecule has 0 radical (unpaired) electrons. The van der Waals surface area contributed by atoms with Crippen molar-refractivity contribution in [3.63, 3.8) is 0 Å². The van der Waals surface area contributed by atoms with E-state index in [2.05, 4.69) is 9.88 Å². The van der Waals surface area contributed by atoms with E-state index in [0.29, 0.717) is 49.9 Å². The van der Waals surface area contributed by atoms with Gasteiger partial charge in [-0.25, -0.2) is 14.4 Å². The van der Waals surface area contributed by atoms with Gasteiger partial charge in [0.15, 0.2) is 0 Å². The molecule has 2 heterocycles. The quantitative estimate of drug-likeness (QED) is 0.626. The van der Waals surface area contributed by atoms with E-state index in [9.17, 15) is 9.18 Å². The lowest BCUT2D eigenvalue weighted by molar-refractivity contribution is 0.0746. The maximum absolute atomic E-state index is 13.5. The van der Waals surface area contributed by atoms with E-state index in [-0.39, 0.29) is 11.7 Å². The fraction of sp³-hybridized carbons (Fsp3) is 0.292. The van der Waals surface area contributed by atoms with Crippen LogP contribution in [0.5, 0.6) is 5.75 Å². The first-order valence-corrected chi connectivity index (χ1v) is 10.4. The highest BCUT2D eigenvalue weighted by Crippen LogP contribution is 2.23. The molecule has 0 aliphatic carbocycles. The molecule has 6 nitrogen and oxygen atoms in total. The Hall–Kier alpha value is -3.48. The second-order valence-electron chi connectivity index (χ2n) is 7.44. The molecular formula is C24H25FN4O2. The molecule has 3 aromatic rings. The number of anilines is 1. The van der Waals surface area contributed by atoms with Gasteiger partial charge < -0.3 is 14.5 Å². The Kier molecular flexibility index (Phi) is 6.11. The zero-order valence-electron chi connectivity index (χ0n) is 17.7. The summed E-state index contributed by atoms with van der Waals surface area (Å²) in [5.41, 5.74) is 2.83. The molecule has 0 spiro atoms. The van der Waals surface area contributed by atoms with E-state index >= 15 is 0 Å². The average molecular weight is 420 g/mol. The minimum Gasteiger partial charge on any atom is -0.494 e. The number of benzene rings is 2. The lowest BCUT2D eigenvalue weighted by Crippen LogP contribution is -2.49. The second-order valence-corrected chi connectivity index (χ2v) is 7.44. The van der Waals surface area contributed by atoms with E-state index in [0.717, 1.165) is 17.0 Å². The smallest absolute Gasteiger partial charge is 0.253 e. The van der Waals surface area contributed by atoms with Crippen LogP contribution >= 0.6 is 0 Å². The normalized spacial score (nSPS) is 13.9. The standard InChI is InChI=1S/C24H25FN4O2/c1-3-31-20-7-4-18(5-8-20)22-10-11-26-24(27-22)29-14-12-28(13-15-29)23(30)19-6-9-21(25)17(2)16-19/h4-11,16H,3,12-15H2,1-2H3. The summed E-state index contributed by atoms with van der Waals surface area (Å²) < 4.78 is 19.0. The van der Waals surface area contributed by atoms with Crippen LogP contribution in [0, 0.1) is 12.7 Å². The van der Waals surface area contributed by atoms with Crippen LogP contribution in [0.25, 0.3) is 11.3 Å². The maximum atomic E-state index is 13.5. The molecule has 1 fully saturated rings. The molecule has 0 saturated carbocycles. The van der Waals surface area contributed by atoms with Crippen molar-refractivity contribution >= 4 is 11.9 Å². The van der Waals surface area contributed by atoms with E-state index in [1.807, 2.05) is 37.3 Å². The molecule has 1 aliphatic rings. The van der Waals surface area contributed by atoms with Crippen molar-refractivity contribution in [2.45, 2.75) is 13.8 Å². The van der Waals surface area contributed by atoms with Crippen molar-refractivity contribution < 1.29 is 13.9 Å². The highest BCUT2D eigenvalue weighted by Gasteiger charge is 2.24. The molecule has 1 amide bonds. The number of rotatable bonds is 5. The summed E-state index contributed by atoms with van der Waals surface area (Å²) >= 11 is 0. The average Bonchev–Trinajstić information content (AvgIpc) is 2.81. The molecule has 0 atom stereocenters. The zero-order valence-corrected chi connectivity index (χ0v) is 17.7. The van der Waals surface area contributed by atoms with E-state index < -0.39 is 0 Å². The van der Waals surface area contributed by atoms with Gasteiger partial charge in [0.25, 0.3) is 5.91 Å². The van der Waals surface area contributed by atoms with Gasteiger partial charge in [0, 0.05) is 43.5 Å². The van der Waals surface area contributed by atoms with Crippen molar-refractivity contribution in [1.29, 1.82) is 0 Å². The van der Waals surface area contributed by atoms with Crippen molar-refractivity contribution in [1.82, 2.24) is 14.9 Å². The van der Waals surface area contributed by atoms with Crippen LogP contribution < -0.4 is 9.64 Å². The third-order valence-corrected chi connectivity index (χ3v) is 5.36. The molecular weight excluding hydrogens is 395 g/mol. The van der Waals surface area contributed by atoms with Crippen LogP contribution in [-0.2, 0) is 0 Å². The van der Waals surface area contributed by atoms with Crippen molar-refractivity contribution in [3.05, 3.63) is 71.7 Å². The van der Waals surface area contributed by atoms with Gasteiger partial charge in [-0.2, -0.15) is 0 Å². The molecule has 2 aromatic carbocycles. The topological polar surface area (TPSA) is 58.6 Å². The predicted octanol–water partition coefficient (Wildman–Crippen LogP) is 3.95. The summed E-state index contributed by atoms with van der Waals surface area (Å²) in [6.07, 6.45) is 1.76. The number of piperazine rings is 1. The number of carbonyl (C=O) groups excluding carboxylic acids is 1. The Morgan fingerprint density at radius 3 is 2.48 bits per heavy atom. The van der Waals surface area contributed by atoms with Gasteiger partial charge >= 0.3 is 0 Å². The predicted molar refractivity (Wildman–Crippen MR) is 118 cm³/mol. The summed E-state index contributed by atoms with van der Waals surface area (Å²) in [6.45, 7) is 6.65. The summed E-state index contributed by atoms with van der Waals surface area (Å²) in [5, 5.41) is 0. The molecule has 4 rings (SSSR count). The molecule has 1 aromatic heterocycles. The highest BCUT2D eigenvalue weighted by molar-refractivity contribution is 5.94. The molecule has 31 heavy (non-hydrogen) atoms. The van der Waals surface area contributed by atoms with Gasteiger partial charge in [0.05, 0.1) is 12.3 Å². The van der Waals surface area contributed by atoms with Crippen LogP contribution in [-0.4, -0.2) is 53.6 Å². The van der Waals surface area contributed by atoms with Crippen molar-refractivity contribution in [2.24, 2.45) is 0 Å². The van der Waals surface area contributed by atoms with Gasteiger partial charge in [-0.3, -0.25) is 4.79 Å². The lowest BCUT2D eigenvalue weighted by Gasteiger charge is -2.35. The summed E-state index contributed by atoms with van der Waals surface area (Å²) in [6, 6.07) is 14.2. The minimum absolute atomic E-state index is 0.0770. The lowest BCUT2D eigenvalue weighted by atomic mass is 10.1. The fourth-order valence-corrected chi connectivity index (χ4v) is 3.62. The van der Waals surface area contributed by atoms with Crippen LogP contribution in [0.3, 0.4) is 0 Å². The number of nitrogens with zero attached hydrogens (tertiary/aromatic N) is 4. The summed E-state index contributed by atoms with van der Waals surface area (Å²) in [5.74, 6) is 1.10. The van der Waals surface area contributed by atoms with E-state index in [4.69, 9.17) is 9.72 Å². The minimum atomic E-state index is -0.300. The molecule has 0 unspecified atom stereocenters. The Balaban J connectivity index is 1.42. The highest BCUT2D eigenvalue weighted by atomic mass is 19.1. The SMILES string of the molecule is CCOc1ccc(-c2ccnc(N3CCN(C(=O)c4ccc(F)c(C)c4)CC3)n2)cc1. The number of hydrogen-bond acceptors (Lipinski definition) is 5. The third-order valence-electron chi connectivity index (χ3n) is 5.36. The van der Waals surface area contributed by atoms with Gasteiger partial charge in [-0.1, -0.05) is 0 Å². The number of ether oxygens (including phenoxy) is 1. The largest absolute Gasteiger partial charge is 0.494 e. The number of aromatic nitrogens is 2. The van der Waals surface area contributed by atoms with Crippen LogP contribution in [0.15, 0.2) is 54.7 Å². The monoisotopic (exact) mass is 420 g/mol. The Morgan fingerprint density at radius 1 is 1.06 bits per heavy atom. The van der Waals surface area contributed by atoms with Crippen molar-refractivity contribution in [2.75, 3.05) is 37.7 Å². The number of halogens is 1.